The average Bonchev–Trinajstić information content (AvgIpc) is 2.83. The predicted molar refractivity (Wildman–Crippen MR) is 79.4 cm³/mol. The van der Waals surface area contributed by atoms with Crippen molar-refractivity contribution in [2.24, 2.45) is 0 Å². The number of thiophene rings is 1. The maximum atomic E-state index is 3.40. The summed E-state index contributed by atoms with van der Waals surface area (Å²) in [5.41, 5.74) is 0. The van der Waals surface area contributed by atoms with Gasteiger partial charge in [-0.1, -0.05) is 0 Å². The number of likely N-dealkylation sites (N-methyl/N-ethyl adjacent to an activating group) is 1. The van der Waals surface area contributed by atoms with Gasteiger partial charge >= 0.3 is 0 Å². The summed E-state index contributed by atoms with van der Waals surface area (Å²) in [6, 6.07) is 5.03. The Kier molecular flexibility index (Phi) is 5.18. The van der Waals surface area contributed by atoms with Gasteiger partial charge < -0.3 is 5.32 Å². The molecule has 102 valence electrons. The molecule has 1 saturated heterocycles. The maximum Gasteiger partial charge on any atom is 0.0410 e. The van der Waals surface area contributed by atoms with Gasteiger partial charge in [0.25, 0.3) is 0 Å². The van der Waals surface area contributed by atoms with E-state index in [1.54, 1.807) is 0 Å². The molecule has 0 spiro atoms. The van der Waals surface area contributed by atoms with E-state index in [1.807, 2.05) is 11.3 Å². The SMILES string of the molecule is Cc1ccc(C(C)N(C)CCN2CCNCC2)s1. The fourth-order valence-electron chi connectivity index (χ4n) is 2.32. The molecule has 4 heteroatoms. The zero-order chi connectivity index (χ0) is 13.0. The molecule has 0 aliphatic carbocycles. The van der Waals surface area contributed by atoms with E-state index in [2.05, 4.69) is 48.1 Å². The molecule has 3 nitrogen and oxygen atoms in total. The lowest BCUT2D eigenvalue weighted by Crippen LogP contribution is -2.46. The van der Waals surface area contributed by atoms with Gasteiger partial charge in [0.15, 0.2) is 0 Å². The van der Waals surface area contributed by atoms with Crippen molar-refractivity contribution in [1.29, 1.82) is 0 Å². The van der Waals surface area contributed by atoms with Gasteiger partial charge in [0.1, 0.15) is 0 Å². The Morgan fingerprint density at radius 1 is 1.39 bits per heavy atom. The number of nitrogens with one attached hydrogen (secondary N) is 1. The quantitative estimate of drug-likeness (QED) is 0.880. The van der Waals surface area contributed by atoms with Gasteiger partial charge in [0.2, 0.25) is 0 Å². The van der Waals surface area contributed by atoms with Crippen molar-refractivity contribution >= 4 is 11.3 Å². The van der Waals surface area contributed by atoms with E-state index in [-0.39, 0.29) is 0 Å². The number of rotatable bonds is 5. The lowest BCUT2D eigenvalue weighted by Gasteiger charge is -2.31. The second-order valence-corrected chi connectivity index (χ2v) is 6.52. The summed E-state index contributed by atoms with van der Waals surface area (Å²) in [7, 11) is 2.24. The second-order valence-electron chi connectivity index (χ2n) is 5.20. The number of hydrogen-bond acceptors (Lipinski definition) is 4. The minimum atomic E-state index is 0.534. The lowest BCUT2D eigenvalue weighted by atomic mass is 10.2. The topological polar surface area (TPSA) is 18.5 Å². The van der Waals surface area contributed by atoms with Gasteiger partial charge in [-0.05, 0) is 33.0 Å². The molecule has 1 fully saturated rings. The molecule has 0 bridgehead atoms. The Morgan fingerprint density at radius 2 is 2.11 bits per heavy atom. The molecule has 1 unspecified atom stereocenters. The van der Waals surface area contributed by atoms with Crippen LogP contribution >= 0.6 is 11.3 Å². The summed E-state index contributed by atoms with van der Waals surface area (Å²) >= 11 is 1.92. The van der Waals surface area contributed by atoms with Crippen LogP contribution in [0.3, 0.4) is 0 Å². The third kappa shape index (κ3) is 3.79. The van der Waals surface area contributed by atoms with Crippen molar-refractivity contribution < 1.29 is 0 Å². The van der Waals surface area contributed by atoms with Gasteiger partial charge in [0, 0.05) is 55.1 Å². The van der Waals surface area contributed by atoms with Crippen LogP contribution in [-0.4, -0.2) is 56.1 Å². The van der Waals surface area contributed by atoms with Crippen molar-refractivity contribution in [2.45, 2.75) is 19.9 Å². The van der Waals surface area contributed by atoms with Crippen LogP contribution in [0.25, 0.3) is 0 Å². The normalized spacial score (nSPS) is 19.3. The molecule has 1 aliphatic heterocycles. The zero-order valence-electron chi connectivity index (χ0n) is 11.8. The van der Waals surface area contributed by atoms with Crippen LogP contribution in [0.5, 0.6) is 0 Å². The summed E-state index contributed by atoms with van der Waals surface area (Å²) in [4.78, 5) is 7.91. The van der Waals surface area contributed by atoms with Gasteiger partial charge in [-0.2, -0.15) is 0 Å². The van der Waals surface area contributed by atoms with Crippen molar-refractivity contribution in [3.05, 3.63) is 21.9 Å². The first kappa shape index (κ1) is 14.0. The molecule has 0 radical (unpaired) electrons. The molecule has 1 N–H and O–H groups in total. The van der Waals surface area contributed by atoms with E-state index in [0.29, 0.717) is 6.04 Å². The van der Waals surface area contributed by atoms with E-state index in [9.17, 15) is 0 Å². The second kappa shape index (κ2) is 6.66. The van der Waals surface area contributed by atoms with E-state index < -0.39 is 0 Å². The smallest absolute Gasteiger partial charge is 0.0410 e. The molecule has 2 heterocycles. The molecule has 0 aromatic carbocycles. The van der Waals surface area contributed by atoms with Gasteiger partial charge in [-0.15, -0.1) is 11.3 Å². The molecule has 2 rings (SSSR count). The third-order valence-corrected chi connectivity index (χ3v) is 4.98. The summed E-state index contributed by atoms with van der Waals surface area (Å²) in [5.74, 6) is 0. The fraction of sp³-hybridized carbons (Fsp3) is 0.714. The standard InChI is InChI=1S/C14H25N3S/c1-12-4-5-14(18-12)13(2)16(3)10-11-17-8-6-15-7-9-17/h4-5,13,15H,6-11H2,1-3H3. The summed E-state index contributed by atoms with van der Waals surface area (Å²) in [6.45, 7) is 11.5. The van der Waals surface area contributed by atoms with Crippen LogP contribution in [0.4, 0.5) is 0 Å². The van der Waals surface area contributed by atoms with Gasteiger partial charge in [0.05, 0.1) is 0 Å². The first-order valence-electron chi connectivity index (χ1n) is 6.86. The van der Waals surface area contributed by atoms with E-state index in [0.717, 1.165) is 19.6 Å². The van der Waals surface area contributed by atoms with Crippen LogP contribution < -0.4 is 5.32 Å². The maximum absolute atomic E-state index is 3.40. The van der Waals surface area contributed by atoms with Crippen LogP contribution in [0.2, 0.25) is 0 Å². The predicted octanol–water partition coefficient (Wildman–Crippen LogP) is 1.95. The minimum Gasteiger partial charge on any atom is -0.314 e. The van der Waals surface area contributed by atoms with Crippen molar-refractivity contribution in [3.63, 3.8) is 0 Å². The summed E-state index contributed by atoms with van der Waals surface area (Å²) < 4.78 is 0. The summed E-state index contributed by atoms with van der Waals surface area (Å²) in [5, 5.41) is 3.40. The number of hydrogen-bond donors (Lipinski definition) is 1. The highest BCUT2D eigenvalue weighted by molar-refractivity contribution is 7.12. The van der Waals surface area contributed by atoms with Gasteiger partial charge in [-0.25, -0.2) is 0 Å². The van der Waals surface area contributed by atoms with Crippen molar-refractivity contribution in [1.82, 2.24) is 15.1 Å². The Morgan fingerprint density at radius 3 is 2.72 bits per heavy atom. The number of piperazine rings is 1. The molecule has 18 heavy (non-hydrogen) atoms. The first-order chi connectivity index (χ1) is 8.66. The number of aryl methyl sites for hydroxylation is 1. The molecular formula is C14H25N3S. The number of nitrogens with zero attached hydrogens (tertiary/aromatic N) is 2. The van der Waals surface area contributed by atoms with Crippen LogP contribution in [0.15, 0.2) is 12.1 Å². The molecule has 0 amide bonds. The molecular weight excluding hydrogens is 242 g/mol. The molecule has 1 aromatic rings. The van der Waals surface area contributed by atoms with Crippen molar-refractivity contribution in [2.75, 3.05) is 46.3 Å². The summed E-state index contributed by atoms with van der Waals surface area (Å²) in [6.07, 6.45) is 0. The highest BCUT2D eigenvalue weighted by atomic mass is 32.1. The zero-order valence-corrected chi connectivity index (χ0v) is 12.6. The average molecular weight is 267 g/mol. The molecule has 1 aromatic heterocycles. The lowest BCUT2D eigenvalue weighted by molar-refractivity contribution is 0.184. The van der Waals surface area contributed by atoms with Gasteiger partial charge in [-0.3, -0.25) is 9.80 Å². The monoisotopic (exact) mass is 267 g/mol. The fourth-order valence-corrected chi connectivity index (χ4v) is 3.32. The van der Waals surface area contributed by atoms with Crippen LogP contribution in [-0.2, 0) is 0 Å². The molecule has 1 aliphatic rings. The van der Waals surface area contributed by atoms with E-state index in [4.69, 9.17) is 0 Å². The Bertz CT molecular complexity index is 358. The van der Waals surface area contributed by atoms with Crippen molar-refractivity contribution in [3.8, 4) is 0 Å². The Hall–Kier alpha value is -0.420. The Labute approximate surface area is 115 Å². The molecule has 0 saturated carbocycles. The highest BCUT2D eigenvalue weighted by Gasteiger charge is 2.15. The minimum absolute atomic E-state index is 0.534. The van der Waals surface area contributed by atoms with E-state index >= 15 is 0 Å². The Balaban J connectivity index is 1.78. The van der Waals surface area contributed by atoms with Crippen LogP contribution in [0.1, 0.15) is 22.7 Å². The first-order valence-corrected chi connectivity index (χ1v) is 7.68. The largest absolute Gasteiger partial charge is 0.314 e. The van der Waals surface area contributed by atoms with E-state index in [1.165, 1.54) is 29.4 Å². The van der Waals surface area contributed by atoms with Crippen LogP contribution in [0, 0.1) is 6.92 Å². The third-order valence-electron chi connectivity index (χ3n) is 3.81. The highest BCUT2D eigenvalue weighted by Crippen LogP contribution is 2.25. The molecule has 1 atom stereocenters.